The average molecular weight is 586 g/mol. The molecule has 0 bridgehead atoms. The number of rotatable bonds is 5. The number of likely N-dealkylation sites (tertiary alicyclic amines) is 1. The van der Waals surface area contributed by atoms with Crippen LogP contribution in [0.4, 0.5) is 32.2 Å². The van der Waals surface area contributed by atoms with Gasteiger partial charge in [-0.2, -0.15) is 13.2 Å². The number of anilines is 1. The molecule has 0 radical (unpaired) electrons. The molecule has 0 amide bonds. The molecule has 2 fully saturated rings. The highest BCUT2D eigenvalue weighted by molar-refractivity contribution is 6.30. The van der Waals surface area contributed by atoms with Crippen molar-refractivity contribution in [2.45, 2.75) is 50.5 Å². The first-order valence-electron chi connectivity index (χ1n) is 13.0. The van der Waals surface area contributed by atoms with E-state index in [1.807, 2.05) is 21.6 Å². The van der Waals surface area contributed by atoms with Crippen LogP contribution in [0.1, 0.15) is 48.1 Å². The second kappa shape index (κ2) is 10.5. The fourth-order valence-corrected chi connectivity index (χ4v) is 6.07. The fraction of sp³-hybridized carbons (Fsp3) is 0.500. The van der Waals surface area contributed by atoms with Gasteiger partial charge in [0.1, 0.15) is 17.3 Å². The summed E-state index contributed by atoms with van der Waals surface area (Å²) in [5, 5.41) is 9.60. The van der Waals surface area contributed by atoms with Crippen molar-refractivity contribution in [3.63, 3.8) is 0 Å². The molecule has 214 valence electrons. The number of nitrogens with zero attached hydrogens (tertiary/aromatic N) is 7. The van der Waals surface area contributed by atoms with Gasteiger partial charge in [-0.25, -0.2) is 18.2 Å². The predicted molar refractivity (Wildman–Crippen MR) is 135 cm³/mol. The van der Waals surface area contributed by atoms with E-state index in [-0.39, 0.29) is 12.0 Å². The van der Waals surface area contributed by atoms with Gasteiger partial charge in [0, 0.05) is 49.7 Å². The van der Waals surface area contributed by atoms with E-state index in [0.717, 1.165) is 23.1 Å². The first kappa shape index (κ1) is 27.3. The molecule has 40 heavy (non-hydrogen) atoms. The van der Waals surface area contributed by atoms with Crippen LogP contribution in [-0.4, -0.2) is 74.5 Å². The Morgan fingerprint density at radius 3 is 2.45 bits per heavy atom. The van der Waals surface area contributed by atoms with Crippen LogP contribution in [0.3, 0.4) is 0 Å². The van der Waals surface area contributed by atoms with Gasteiger partial charge in [0.05, 0.1) is 18.8 Å². The second-order valence-electron chi connectivity index (χ2n) is 10.5. The normalized spacial score (nSPS) is 19.4. The van der Waals surface area contributed by atoms with E-state index in [2.05, 4.69) is 20.1 Å². The number of alkyl halides is 5. The maximum absolute atomic E-state index is 13.7. The summed E-state index contributed by atoms with van der Waals surface area (Å²) in [4.78, 5) is 9.23. The topological polar surface area (TPSA) is 53.3 Å². The first-order chi connectivity index (χ1) is 19.1. The van der Waals surface area contributed by atoms with Gasteiger partial charge in [-0.3, -0.25) is 14.4 Å². The van der Waals surface area contributed by atoms with Crippen molar-refractivity contribution in [1.82, 2.24) is 29.5 Å². The van der Waals surface area contributed by atoms with Crippen LogP contribution < -0.4 is 4.90 Å². The van der Waals surface area contributed by atoms with E-state index in [0.29, 0.717) is 68.8 Å². The third-order valence-corrected chi connectivity index (χ3v) is 8.10. The molecule has 0 aliphatic carbocycles. The SMILES string of the molecule is Fc1ccc(N2CCC(c3nnc4n3-c3ccc(Cl)cc3CN(C3CN(CC(F)(F)F)C3)C4)CC2)nc1C(F)F. The summed E-state index contributed by atoms with van der Waals surface area (Å²) in [7, 11) is 0. The van der Waals surface area contributed by atoms with Gasteiger partial charge in [0.2, 0.25) is 0 Å². The van der Waals surface area contributed by atoms with E-state index in [9.17, 15) is 26.3 Å². The summed E-state index contributed by atoms with van der Waals surface area (Å²) < 4.78 is 80.5. The van der Waals surface area contributed by atoms with E-state index in [1.165, 1.54) is 11.0 Å². The number of hydrogen-bond acceptors (Lipinski definition) is 6. The van der Waals surface area contributed by atoms with Gasteiger partial charge in [0.25, 0.3) is 6.43 Å². The summed E-state index contributed by atoms with van der Waals surface area (Å²) in [5.74, 6) is 0.782. The highest BCUT2D eigenvalue weighted by Crippen LogP contribution is 2.36. The maximum Gasteiger partial charge on any atom is 0.401 e. The third kappa shape index (κ3) is 5.38. The van der Waals surface area contributed by atoms with Crippen LogP contribution in [0.25, 0.3) is 5.69 Å². The summed E-state index contributed by atoms with van der Waals surface area (Å²) in [6.45, 7) is 1.70. The lowest BCUT2D eigenvalue weighted by atomic mass is 9.95. The number of hydrogen-bond donors (Lipinski definition) is 0. The highest BCUT2D eigenvalue weighted by Gasteiger charge is 2.41. The monoisotopic (exact) mass is 585 g/mol. The molecule has 3 aliphatic heterocycles. The predicted octanol–water partition coefficient (Wildman–Crippen LogP) is 5.34. The number of halogens is 7. The summed E-state index contributed by atoms with van der Waals surface area (Å²) in [6, 6.07) is 7.96. The molecular formula is C26H26ClF6N7. The van der Waals surface area contributed by atoms with Gasteiger partial charge < -0.3 is 4.90 Å². The molecule has 0 unspecified atom stereocenters. The Hall–Kier alpha value is -2.90. The van der Waals surface area contributed by atoms with Crippen molar-refractivity contribution in [2.24, 2.45) is 0 Å². The van der Waals surface area contributed by atoms with Crippen LogP contribution in [0.5, 0.6) is 0 Å². The molecule has 0 atom stereocenters. The van der Waals surface area contributed by atoms with Crippen molar-refractivity contribution < 1.29 is 26.3 Å². The van der Waals surface area contributed by atoms with Crippen molar-refractivity contribution in [2.75, 3.05) is 37.6 Å². The third-order valence-electron chi connectivity index (χ3n) is 7.86. The number of pyridine rings is 1. The van der Waals surface area contributed by atoms with E-state index in [1.54, 1.807) is 6.07 Å². The number of aromatic nitrogens is 4. The van der Waals surface area contributed by atoms with E-state index >= 15 is 0 Å². The number of piperidine rings is 1. The van der Waals surface area contributed by atoms with Crippen LogP contribution in [0.15, 0.2) is 30.3 Å². The molecule has 3 aliphatic rings. The molecule has 7 nitrogen and oxygen atoms in total. The minimum atomic E-state index is -4.23. The van der Waals surface area contributed by atoms with E-state index in [4.69, 9.17) is 11.6 Å². The lowest BCUT2D eigenvalue weighted by Gasteiger charge is -2.45. The van der Waals surface area contributed by atoms with Crippen molar-refractivity contribution >= 4 is 17.4 Å². The van der Waals surface area contributed by atoms with Crippen LogP contribution >= 0.6 is 11.6 Å². The summed E-state index contributed by atoms with van der Waals surface area (Å²) in [6.07, 6.45) is -5.91. The minimum Gasteiger partial charge on any atom is -0.357 e. The molecule has 1 aromatic carbocycles. The van der Waals surface area contributed by atoms with Crippen LogP contribution in [-0.2, 0) is 13.1 Å². The first-order valence-corrected chi connectivity index (χ1v) is 13.4. The molecule has 2 aromatic heterocycles. The Morgan fingerprint density at radius 2 is 1.75 bits per heavy atom. The van der Waals surface area contributed by atoms with Gasteiger partial charge in [0.15, 0.2) is 11.6 Å². The Morgan fingerprint density at radius 1 is 1.00 bits per heavy atom. The summed E-state index contributed by atoms with van der Waals surface area (Å²) >= 11 is 6.33. The minimum absolute atomic E-state index is 0.0218. The molecule has 5 heterocycles. The molecular weight excluding hydrogens is 560 g/mol. The lowest BCUT2D eigenvalue weighted by Crippen LogP contribution is -2.60. The standard InChI is InChI=1S/C26H26ClF6N7/c27-17-1-3-20-16(9-17)10-39(18-11-37(12-18)14-26(31,32)33)13-22-35-36-25(40(20)22)15-5-7-38(8-6-15)21-4-2-19(28)23(34-21)24(29)30/h1-4,9,15,18,24H,5-8,10-14H2. The van der Waals surface area contributed by atoms with Crippen LogP contribution in [0.2, 0.25) is 5.02 Å². The molecule has 14 heteroatoms. The largest absolute Gasteiger partial charge is 0.401 e. The summed E-state index contributed by atoms with van der Waals surface area (Å²) in [5.41, 5.74) is 0.974. The zero-order valence-corrected chi connectivity index (χ0v) is 22.0. The Balaban J connectivity index is 1.22. The molecule has 0 N–H and O–H groups in total. The van der Waals surface area contributed by atoms with Gasteiger partial charge in [-0.1, -0.05) is 11.6 Å². The Kier molecular flexibility index (Phi) is 7.16. The Bertz CT molecular complexity index is 1380. The van der Waals surface area contributed by atoms with Gasteiger partial charge in [-0.05, 0) is 48.7 Å². The smallest absolute Gasteiger partial charge is 0.357 e. The van der Waals surface area contributed by atoms with Crippen molar-refractivity contribution in [3.05, 3.63) is 64.1 Å². The Labute approximate surface area is 231 Å². The second-order valence-corrected chi connectivity index (χ2v) is 11.0. The van der Waals surface area contributed by atoms with Gasteiger partial charge in [-0.15, -0.1) is 10.2 Å². The molecule has 2 saturated heterocycles. The van der Waals surface area contributed by atoms with Crippen LogP contribution in [0, 0.1) is 5.82 Å². The number of benzene rings is 1. The zero-order valence-electron chi connectivity index (χ0n) is 21.3. The lowest BCUT2D eigenvalue weighted by molar-refractivity contribution is -0.161. The molecule has 6 rings (SSSR count). The fourth-order valence-electron chi connectivity index (χ4n) is 5.87. The van der Waals surface area contributed by atoms with Crippen molar-refractivity contribution in [1.29, 1.82) is 0 Å². The van der Waals surface area contributed by atoms with Crippen molar-refractivity contribution in [3.8, 4) is 5.69 Å². The average Bonchev–Trinajstić information content (AvgIpc) is 3.21. The maximum atomic E-state index is 13.7. The molecule has 0 saturated carbocycles. The highest BCUT2D eigenvalue weighted by atomic mass is 35.5. The molecule has 3 aromatic rings. The van der Waals surface area contributed by atoms with Gasteiger partial charge >= 0.3 is 6.18 Å². The van der Waals surface area contributed by atoms with E-state index < -0.39 is 30.7 Å². The number of fused-ring (bicyclic) bond motifs is 3. The quantitative estimate of drug-likeness (QED) is 0.377. The molecule has 0 spiro atoms. The zero-order chi connectivity index (χ0) is 28.2.